The van der Waals surface area contributed by atoms with Gasteiger partial charge >= 0.3 is 10.1 Å². The van der Waals surface area contributed by atoms with Crippen LogP contribution in [0.5, 0.6) is 5.75 Å². The molecule has 0 bridgehead atoms. The zero-order valence-electron chi connectivity index (χ0n) is 13.0. The minimum atomic E-state index is -4.41. The highest BCUT2D eigenvalue weighted by atomic mass is 32.2. The highest BCUT2D eigenvalue weighted by Gasteiger charge is 2.14. The summed E-state index contributed by atoms with van der Waals surface area (Å²) < 4.78 is 40.7. The van der Waals surface area contributed by atoms with Gasteiger partial charge in [0.05, 0.1) is 6.21 Å². The van der Waals surface area contributed by atoms with Crippen LogP contribution >= 0.6 is 0 Å². The molecule has 1 aromatic carbocycles. The number of aryl methyl sites for hydroxylation is 1. The molecule has 9 heteroatoms. The van der Waals surface area contributed by atoms with E-state index in [1.807, 2.05) is 26.0 Å². The summed E-state index contributed by atoms with van der Waals surface area (Å²) in [5.41, 5.74) is 4.22. The van der Waals surface area contributed by atoms with Gasteiger partial charge < -0.3 is 9.15 Å². The average Bonchev–Trinajstić information content (AvgIpc) is 2.98. The topological polar surface area (TPSA) is 118 Å². The molecule has 2 aromatic rings. The van der Waals surface area contributed by atoms with Crippen molar-refractivity contribution in [3.05, 3.63) is 47.2 Å². The summed E-state index contributed by atoms with van der Waals surface area (Å²) in [7, 11) is -4.41. The molecule has 1 amide bonds. The first-order valence-corrected chi connectivity index (χ1v) is 8.29. The minimum Gasteiger partial charge on any atom is -0.483 e. The van der Waals surface area contributed by atoms with Gasteiger partial charge in [-0.2, -0.15) is 13.5 Å². The van der Waals surface area contributed by atoms with Crippen molar-refractivity contribution >= 4 is 22.2 Å². The van der Waals surface area contributed by atoms with E-state index in [2.05, 4.69) is 10.5 Å². The Labute approximate surface area is 138 Å². The van der Waals surface area contributed by atoms with Crippen molar-refractivity contribution in [3.63, 3.8) is 0 Å². The standard InChI is InChI=1S/C15H16N2O6S/c1-10-4-3-5-13(11(10)2)22-9-14(18)17-16-8-12-6-7-15(23-12)24(19,20)21/h3-8H,9H2,1-2H3,(H,17,18)(H,19,20,21)/b16-8+. The molecule has 0 fully saturated rings. The summed E-state index contributed by atoms with van der Waals surface area (Å²) in [6, 6.07) is 7.89. The van der Waals surface area contributed by atoms with Crippen molar-refractivity contribution in [1.82, 2.24) is 5.43 Å². The Bertz CT molecular complexity index is 870. The van der Waals surface area contributed by atoms with Crippen LogP contribution in [-0.4, -0.2) is 31.7 Å². The lowest BCUT2D eigenvalue weighted by Crippen LogP contribution is -2.24. The number of carbonyl (C=O) groups excluding carboxylic acids is 1. The average molecular weight is 352 g/mol. The third-order valence-electron chi connectivity index (χ3n) is 3.15. The SMILES string of the molecule is Cc1cccc(OCC(=O)N/N=C/c2ccc(S(=O)(=O)O)o2)c1C. The van der Waals surface area contributed by atoms with Gasteiger partial charge in [0, 0.05) is 0 Å². The Hall–Kier alpha value is -2.65. The van der Waals surface area contributed by atoms with Crippen LogP contribution in [0.3, 0.4) is 0 Å². The minimum absolute atomic E-state index is 0.0540. The van der Waals surface area contributed by atoms with Crippen LogP contribution in [0.4, 0.5) is 0 Å². The number of rotatable bonds is 6. The number of ether oxygens (including phenoxy) is 1. The van der Waals surface area contributed by atoms with E-state index in [1.165, 1.54) is 6.07 Å². The number of hydrogen-bond donors (Lipinski definition) is 2. The summed E-state index contributed by atoms with van der Waals surface area (Å²) in [6.07, 6.45) is 1.10. The number of nitrogens with one attached hydrogen (secondary N) is 1. The molecular weight excluding hydrogens is 336 g/mol. The van der Waals surface area contributed by atoms with E-state index in [4.69, 9.17) is 13.7 Å². The molecule has 0 radical (unpaired) electrons. The fraction of sp³-hybridized carbons (Fsp3) is 0.200. The second-order valence-electron chi connectivity index (χ2n) is 4.91. The number of nitrogens with zero attached hydrogens (tertiary/aromatic N) is 1. The summed E-state index contributed by atoms with van der Waals surface area (Å²) in [4.78, 5) is 11.7. The van der Waals surface area contributed by atoms with Crippen LogP contribution in [0, 0.1) is 13.8 Å². The van der Waals surface area contributed by atoms with Crippen molar-refractivity contribution < 1.29 is 26.9 Å². The van der Waals surface area contributed by atoms with Crippen molar-refractivity contribution in [1.29, 1.82) is 0 Å². The maximum absolute atomic E-state index is 11.7. The molecule has 2 N–H and O–H groups in total. The Morgan fingerprint density at radius 1 is 1.33 bits per heavy atom. The molecule has 2 rings (SSSR count). The molecule has 0 atom stereocenters. The van der Waals surface area contributed by atoms with E-state index in [0.717, 1.165) is 23.4 Å². The number of amides is 1. The van der Waals surface area contributed by atoms with Gasteiger partial charge in [-0.1, -0.05) is 12.1 Å². The second-order valence-corrected chi connectivity index (χ2v) is 6.26. The van der Waals surface area contributed by atoms with Gasteiger partial charge in [-0.05, 0) is 43.2 Å². The van der Waals surface area contributed by atoms with Crippen LogP contribution in [-0.2, 0) is 14.9 Å². The smallest absolute Gasteiger partial charge is 0.328 e. The summed E-state index contributed by atoms with van der Waals surface area (Å²) in [5, 5.41) is 3.01. The maximum Gasteiger partial charge on any atom is 0.328 e. The highest BCUT2D eigenvalue weighted by molar-refractivity contribution is 7.85. The first-order valence-electron chi connectivity index (χ1n) is 6.85. The molecule has 8 nitrogen and oxygen atoms in total. The highest BCUT2D eigenvalue weighted by Crippen LogP contribution is 2.20. The number of hydrogen-bond acceptors (Lipinski definition) is 6. The van der Waals surface area contributed by atoms with E-state index in [9.17, 15) is 13.2 Å². The first-order chi connectivity index (χ1) is 11.3. The van der Waals surface area contributed by atoms with Crippen molar-refractivity contribution in [2.75, 3.05) is 6.61 Å². The number of hydrazone groups is 1. The van der Waals surface area contributed by atoms with E-state index in [0.29, 0.717) is 5.75 Å². The molecule has 0 unspecified atom stereocenters. The van der Waals surface area contributed by atoms with Gasteiger partial charge in [0.2, 0.25) is 5.09 Å². The number of furan rings is 1. The summed E-state index contributed by atoms with van der Waals surface area (Å²) in [6.45, 7) is 3.61. The van der Waals surface area contributed by atoms with Crippen LogP contribution < -0.4 is 10.2 Å². The molecule has 128 valence electrons. The predicted molar refractivity (Wildman–Crippen MR) is 85.7 cm³/mol. The zero-order valence-corrected chi connectivity index (χ0v) is 13.8. The molecule has 0 aliphatic carbocycles. The van der Waals surface area contributed by atoms with Gasteiger partial charge in [-0.25, -0.2) is 5.43 Å². The lowest BCUT2D eigenvalue weighted by Gasteiger charge is -2.09. The molecule has 0 saturated carbocycles. The molecule has 1 aromatic heterocycles. The van der Waals surface area contributed by atoms with Crippen LogP contribution in [0.1, 0.15) is 16.9 Å². The zero-order chi connectivity index (χ0) is 17.7. The maximum atomic E-state index is 11.7. The molecule has 0 saturated heterocycles. The Morgan fingerprint density at radius 2 is 2.08 bits per heavy atom. The molecule has 0 spiro atoms. The summed E-state index contributed by atoms with van der Waals surface area (Å²) >= 11 is 0. The number of benzene rings is 1. The quantitative estimate of drug-likeness (QED) is 0.464. The summed E-state index contributed by atoms with van der Waals surface area (Å²) in [5.74, 6) is 0.171. The van der Waals surface area contributed by atoms with Crippen LogP contribution in [0.25, 0.3) is 0 Å². The van der Waals surface area contributed by atoms with Gasteiger partial charge in [-0.3, -0.25) is 9.35 Å². The van der Waals surface area contributed by atoms with Crippen LogP contribution in [0.2, 0.25) is 0 Å². The van der Waals surface area contributed by atoms with Gasteiger partial charge in [0.1, 0.15) is 11.5 Å². The second kappa shape index (κ2) is 7.28. The van der Waals surface area contributed by atoms with Crippen molar-refractivity contribution in [2.45, 2.75) is 18.9 Å². The lowest BCUT2D eigenvalue weighted by atomic mass is 10.1. The molecule has 24 heavy (non-hydrogen) atoms. The molecule has 1 heterocycles. The Kier molecular flexibility index (Phi) is 5.37. The molecule has 0 aliphatic heterocycles. The fourth-order valence-corrected chi connectivity index (χ4v) is 2.21. The van der Waals surface area contributed by atoms with E-state index in [-0.39, 0.29) is 12.4 Å². The first kappa shape index (κ1) is 17.7. The van der Waals surface area contributed by atoms with E-state index >= 15 is 0 Å². The van der Waals surface area contributed by atoms with Crippen molar-refractivity contribution in [2.24, 2.45) is 5.10 Å². The van der Waals surface area contributed by atoms with Gasteiger partial charge in [0.25, 0.3) is 5.91 Å². The van der Waals surface area contributed by atoms with Crippen molar-refractivity contribution in [3.8, 4) is 5.75 Å². The van der Waals surface area contributed by atoms with Gasteiger partial charge in [0.15, 0.2) is 6.61 Å². The third-order valence-corrected chi connectivity index (χ3v) is 3.88. The molecular formula is C15H16N2O6S. The van der Waals surface area contributed by atoms with Gasteiger partial charge in [-0.15, -0.1) is 0 Å². The third kappa shape index (κ3) is 4.67. The Morgan fingerprint density at radius 3 is 2.75 bits per heavy atom. The number of carbonyl (C=O) groups is 1. The fourth-order valence-electron chi connectivity index (χ4n) is 1.77. The largest absolute Gasteiger partial charge is 0.483 e. The lowest BCUT2D eigenvalue weighted by molar-refractivity contribution is -0.123. The molecule has 0 aliphatic rings. The monoisotopic (exact) mass is 352 g/mol. The van der Waals surface area contributed by atoms with E-state index < -0.39 is 21.1 Å². The Balaban J connectivity index is 1.87. The predicted octanol–water partition coefficient (Wildman–Crippen LogP) is 1.67. The van der Waals surface area contributed by atoms with E-state index in [1.54, 1.807) is 6.07 Å². The van der Waals surface area contributed by atoms with Crippen LogP contribution in [0.15, 0.2) is 44.9 Å². The normalized spacial score (nSPS) is 11.6.